The van der Waals surface area contributed by atoms with E-state index in [0.29, 0.717) is 24.4 Å². The molecule has 1 amide bonds. The molecule has 0 spiro atoms. The summed E-state index contributed by atoms with van der Waals surface area (Å²) in [4.78, 5) is 27.0. The highest BCUT2D eigenvalue weighted by atomic mass is 32.1. The van der Waals surface area contributed by atoms with Crippen LogP contribution in [0.4, 0.5) is 4.39 Å². The van der Waals surface area contributed by atoms with Gasteiger partial charge in [0.05, 0.1) is 10.9 Å². The highest BCUT2D eigenvalue weighted by molar-refractivity contribution is 7.09. The van der Waals surface area contributed by atoms with Crippen molar-refractivity contribution in [3.63, 3.8) is 0 Å². The highest BCUT2D eigenvalue weighted by Gasteiger charge is 2.18. The van der Waals surface area contributed by atoms with E-state index >= 15 is 0 Å². The molecule has 2 rings (SSSR count). The predicted octanol–water partition coefficient (Wildman–Crippen LogP) is 2.83. The van der Waals surface area contributed by atoms with Crippen molar-refractivity contribution in [3.05, 3.63) is 51.7 Å². The standard InChI is InChI=1S/C16H17FN2O3S/c1-2-12(10-3-5-11(17)6-4-10)15(20)18-8-7-14-19-13(9-23-14)16(21)22/h3-6,9,12H,2,7-8H2,1H3,(H,18,20)(H,21,22). The topological polar surface area (TPSA) is 79.3 Å². The molecule has 1 heterocycles. The van der Waals surface area contributed by atoms with Crippen LogP contribution in [0.25, 0.3) is 0 Å². The molecule has 1 unspecified atom stereocenters. The number of nitrogens with one attached hydrogen (secondary N) is 1. The lowest BCUT2D eigenvalue weighted by molar-refractivity contribution is -0.122. The number of carbonyl (C=O) groups is 2. The van der Waals surface area contributed by atoms with Crippen LogP contribution in [0.5, 0.6) is 0 Å². The molecule has 1 aromatic carbocycles. The molecule has 0 aliphatic carbocycles. The van der Waals surface area contributed by atoms with Gasteiger partial charge in [-0.05, 0) is 24.1 Å². The zero-order valence-corrected chi connectivity index (χ0v) is 13.4. The Hall–Kier alpha value is -2.28. The van der Waals surface area contributed by atoms with E-state index in [1.54, 1.807) is 12.1 Å². The third-order valence-corrected chi connectivity index (χ3v) is 4.31. The predicted molar refractivity (Wildman–Crippen MR) is 85.2 cm³/mol. The van der Waals surface area contributed by atoms with Crippen molar-refractivity contribution in [3.8, 4) is 0 Å². The van der Waals surface area contributed by atoms with Crippen LogP contribution >= 0.6 is 11.3 Å². The van der Waals surface area contributed by atoms with Gasteiger partial charge in [-0.1, -0.05) is 19.1 Å². The summed E-state index contributed by atoms with van der Waals surface area (Å²) in [7, 11) is 0. The number of nitrogens with zero attached hydrogens (tertiary/aromatic N) is 1. The van der Waals surface area contributed by atoms with Crippen LogP contribution in [-0.4, -0.2) is 28.5 Å². The summed E-state index contributed by atoms with van der Waals surface area (Å²) in [5.74, 6) is -1.85. The molecule has 122 valence electrons. The van der Waals surface area contributed by atoms with Crippen LogP contribution in [0, 0.1) is 5.82 Å². The fraction of sp³-hybridized carbons (Fsp3) is 0.312. The molecule has 0 aliphatic rings. The Balaban J connectivity index is 1.89. The van der Waals surface area contributed by atoms with Crippen LogP contribution in [0.1, 0.15) is 40.3 Å². The van der Waals surface area contributed by atoms with E-state index in [9.17, 15) is 14.0 Å². The first kappa shape index (κ1) is 17.1. The number of carboxylic acid groups (broad SMARTS) is 1. The number of halogens is 1. The summed E-state index contributed by atoms with van der Waals surface area (Å²) in [6.45, 7) is 2.27. The average molecular weight is 336 g/mol. The third kappa shape index (κ3) is 4.59. The quantitative estimate of drug-likeness (QED) is 0.815. The van der Waals surface area contributed by atoms with E-state index in [4.69, 9.17) is 5.11 Å². The zero-order valence-electron chi connectivity index (χ0n) is 12.6. The number of aromatic nitrogens is 1. The molecule has 0 radical (unpaired) electrons. The first-order valence-electron chi connectivity index (χ1n) is 7.22. The second-order valence-electron chi connectivity index (χ2n) is 4.99. The largest absolute Gasteiger partial charge is 0.476 e. The summed E-state index contributed by atoms with van der Waals surface area (Å²) in [5.41, 5.74) is 0.794. The zero-order chi connectivity index (χ0) is 16.8. The fourth-order valence-corrected chi connectivity index (χ4v) is 2.98. The number of aromatic carboxylic acids is 1. The molecule has 2 N–H and O–H groups in total. The molecule has 1 atom stereocenters. The summed E-state index contributed by atoms with van der Waals surface area (Å²) < 4.78 is 13.0. The second kappa shape index (κ2) is 7.82. The van der Waals surface area contributed by atoms with E-state index in [0.717, 1.165) is 5.56 Å². The maximum absolute atomic E-state index is 13.0. The summed E-state index contributed by atoms with van der Waals surface area (Å²) in [6.07, 6.45) is 1.08. The molecule has 0 bridgehead atoms. The smallest absolute Gasteiger partial charge is 0.355 e. The van der Waals surface area contributed by atoms with E-state index in [1.807, 2.05) is 6.92 Å². The van der Waals surface area contributed by atoms with Crippen molar-refractivity contribution in [2.45, 2.75) is 25.7 Å². The van der Waals surface area contributed by atoms with E-state index in [1.165, 1.54) is 28.8 Å². The first-order valence-corrected chi connectivity index (χ1v) is 8.10. The molecular formula is C16H17FN2O3S. The Bertz CT molecular complexity index is 685. The van der Waals surface area contributed by atoms with Crippen LogP contribution in [0.2, 0.25) is 0 Å². The Morgan fingerprint density at radius 2 is 2.04 bits per heavy atom. The van der Waals surface area contributed by atoms with Gasteiger partial charge in [0.25, 0.3) is 0 Å². The van der Waals surface area contributed by atoms with Crippen molar-refractivity contribution in [1.29, 1.82) is 0 Å². The Morgan fingerprint density at radius 3 is 2.61 bits per heavy atom. The lowest BCUT2D eigenvalue weighted by Crippen LogP contribution is -2.30. The highest BCUT2D eigenvalue weighted by Crippen LogP contribution is 2.20. The van der Waals surface area contributed by atoms with Crippen molar-refractivity contribution in [1.82, 2.24) is 10.3 Å². The maximum atomic E-state index is 13.0. The number of amides is 1. The number of benzene rings is 1. The van der Waals surface area contributed by atoms with Gasteiger partial charge in [-0.2, -0.15) is 0 Å². The van der Waals surface area contributed by atoms with Gasteiger partial charge in [-0.25, -0.2) is 14.2 Å². The minimum Gasteiger partial charge on any atom is -0.476 e. The third-order valence-electron chi connectivity index (χ3n) is 3.41. The van der Waals surface area contributed by atoms with Gasteiger partial charge in [0, 0.05) is 18.3 Å². The van der Waals surface area contributed by atoms with Gasteiger partial charge in [0.1, 0.15) is 5.82 Å². The lowest BCUT2D eigenvalue weighted by Gasteiger charge is -2.15. The lowest BCUT2D eigenvalue weighted by atomic mass is 9.95. The molecule has 2 aromatic rings. The number of carbonyl (C=O) groups excluding carboxylic acids is 1. The van der Waals surface area contributed by atoms with Gasteiger partial charge in [0.15, 0.2) is 5.69 Å². The Morgan fingerprint density at radius 1 is 1.35 bits per heavy atom. The Labute approximate surface area is 137 Å². The fourth-order valence-electron chi connectivity index (χ4n) is 2.21. The van der Waals surface area contributed by atoms with Crippen molar-refractivity contribution >= 4 is 23.2 Å². The average Bonchev–Trinajstić information content (AvgIpc) is 2.99. The van der Waals surface area contributed by atoms with Crippen LogP contribution in [-0.2, 0) is 11.2 Å². The molecule has 0 saturated heterocycles. The molecule has 1 aromatic heterocycles. The number of thiazole rings is 1. The molecular weight excluding hydrogens is 319 g/mol. The van der Waals surface area contributed by atoms with E-state index in [2.05, 4.69) is 10.3 Å². The number of rotatable bonds is 7. The Kier molecular flexibility index (Phi) is 5.81. The second-order valence-corrected chi connectivity index (χ2v) is 5.93. The summed E-state index contributed by atoms with van der Waals surface area (Å²) in [6, 6.07) is 5.91. The van der Waals surface area contributed by atoms with Crippen LogP contribution in [0.15, 0.2) is 29.6 Å². The minimum atomic E-state index is -1.06. The van der Waals surface area contributed by atoms with E-state index < -0.39 is 5.97 Å². The number of hydrogen-bond donors (Lipinski definition) is 2. The maximum Gasteiger partial charge on any atom is 0.355 e. The summed E-state index contributed by atoms with van der Waals surface area (Å²) >= 11 is 1.26. The number of carboxylic acids is 1. The molecule has 5 nitrogen and oxygen atoms in total. The molecule has 23 heavy (non-hydrogen) atoms. The molecule has 0 saturated carbocycles. The first-order chi connectivity index (χ1) is 11.0. The molecule has 0 fully saturated rings. The van der Waals surface area contributed by atoms with Crippen molar-refractivity contribution < 1.29 is 19.1 Å². The van der Waals surface area contributed by atoms with Gasteiger partial charge in [0.2, 0.25) is 5.91 Å². The normalized spacial score (nSPS) is 11.9. The summed E-state index contributed by atoms with van der Waals surface area (Å²) in [5, 5.41) is 13.8. The minimum absolute atomic E-state index is 0.0223. The van der Waals surface area contributed by atoms with Gasteiger partial charge in [-0.3, -0.25) is 4.79 Å². The monoisotopic (exact) mass is 336 g/mol. The SMILES string of the molecule is CCC(C(=O)NCCc1nc(C(=O)O)cs1)c1ccc(F)cc1. The van der Waals surface area contributed by atoms with E-state index in [-0.39, 0.29) is 23.3 Å². The number of hydrogen-bond acceptors (Lipinski definition) is 4. The van der Waals surface area contributed by atoms with Crippen LogP contribution in [0.3, 0.4) is 0 Å². The van der Waals surface area contributed by atoms with Crippen molar-refractivity contribution in [2.75, 3.05) is 6.54 Å². The van der Waals surface area contributed by atoms with Gasteiger partial charge < -0.3 is 10.4 Å². The molecule has 0 aliphatic heterocycles. The van der Waals surface area contributed by atoms with Crippen molar-refractivity contribution in [2.24, 2.45) is 0 Å². The van der Waals surface area contributed by atoms with Crippen LogP contribution < -0.4 is 5.32 Å². The molecule has 7 heteroatoms. The van der Waals surface area contributed by atoms with Gasteiger partial charge in [-0.15, -0.1) is 11.3 Å². The van der Waals surface area contributed by atoms with Gasteiger partial charge >= 0.3 is 5.97 Å².